The zero-order valence-corrected chi connectivity index (χ0v) is 25.1. The molecule has 5 N–H and O–H groups in total. The number of ketones is 1. The van der Waals surface area contributed by atoms with E-state index >= 15 is 4.39 Å². The highest BCUT2D eigenvalue weighted by Gasteiger charge is 2.75. The first-order valence-corrected chi connectivity index (χ1v) is 14.7. The van der Waals surface area contributed by atoms with Gasteiger partial charge in [0.1, 0.15) is 5.60 Å². The second-order valence-electron chi connectivity index (χ2n) is 12.9. The van der Waals surface area contributed by atoms with Gasteiger partial charge in [0.05, 0.1) is 24.9 Å². The molecule has 0 aromatic carbocycles. The molecule has 3 saturated carbocycles. The van der Waals surface area contributed by atoms with Crippen molar-refractivity contribution in [1.82, 2.24) is 16.1 Å². The summed E-state index contributed by atoms with van der Waals surface area (Å²) in [5.74, 6) is -3.02. The minimum atomic E-state index is -2.02. The van der Waals surface area contributed by atoms with Crippen LogP contribution in [0.2, 0.25) is 0 Å². The van der Waals surface area contributed by atoms with Crippen LogP contribution in [0.3, 0.4) is 0 Å². The van der Waals surface area contributed by atoms with Crippen LogP contribution in [-0.4, -0.2) is 69.9 Å². The van der Waals surface area contributed by atoms with E-state index in [2.05, 4.69) is 27.7 Å². The number of fused-ring (bicyclic) bond motifs is 5. The van der Waals surface area contributed by atoms with E-state index in [1.807, 2.05) is 13.8 Å². The lowest BCUT2D eigenvalue weighted by Crippen LogP contribution is -2.69. The van der Waals surface area contributed by atoms with E-state index in [4.69, 9.17) is 0 Å². The number of aliphatic hydroxyl groups is 2. The SMILES string of the molecule is C=C(C)C(=O)NCC(=O)NCC(=O)N/N=C1\C=C[C@@]2(C)C(=C1)CC[C@H]1[C@@H]3C[C@@H](C)[C@](O)(C(=O)CC)[C@@]3(C)C[C@H](O)[C@@]12F. The van der Waals surface area contributed by atoms with Gasteiger partial charge in [0.25, 0.3) is 5.91 Å². The summed E-state index contributed by atoms with van der Waals surface area (Å²) in [6.07, 6.45) is 5.26. The fraction of sp³-hybridized carbons (Fsp3) is 0.645. The van der Waals surface area contributed by atoms with E-state index in [9.17, 15) is 29.4 Å². The van der Waals surface area contributed by atoms with Gasteiger partial charge in [-0.1, -0.05) is 39.0 Å². The Labute approximate surface area is 246 Å². The monoisotopic (exact) mass is 586 g/mol. The van der Waals surface area contributed by atoms with Crippen molar-refractivity contribution in [3.8, 4) is 0 Å². The second-order valence-corrected chi connectivity index (χ2v) is 12.9. The van der Waals surface area contributed by atoms with Gasteiger partial charge in [0.15, 0.2) is 11.5 Å². The van der Waals surface area contributed by atoms with Crippen molar-refractivity contribution in [2.45, 2.75) is 84.1 Å². The third-order valence-corrected chi connectivity index (χ3v) is 10.5. The van der Waals surface area contributed by atoms with E-state index in [1.165, 1.54) is 6.92 Å². The van der Waals surface area contributed by atoms with Crippen LogP contribution in [0.15, 0.2) is 41.1 Å². The van der Waals surface area contributed by atoms with E-state index in [1.54, 1.807) is 32.1 Å². The van der Waals surface area contributed by atoms with Crippen LogP contribution < -0.4 is 16.1 Å². The van der Waals surface area contributed by atoms with Crippen molar-refractivity contribution in [2.75, 3.05) is 13.1 Å². The number of amides is 3. The highest BCUT2D eigenvalue weighted by Crippen LogP contribution is 2.70. The van der Waals surface area contributed by atoms with Crippen molar-refractivity contribution in [2.24, 2.45) is 33.7 Å². The minimum absolute atomic E-state index is 0.0203. The van der Waals surface area contributed by atoms with Gasteiger partial charge in [-0.3, -0.25) is 19.2 Å². The van der Waals surface area contributed by atoms with Gasteiger partial charge in [-0.05, 0) is 63.5 Å². The number of hydrogen-bond donors (Lipinski definition) is 5. The highest BCUT2D eigenvalue weighted by molar-refractivity contribution is 6.06. The summed E-state index contributed by atoms with van der Waals surface area (Å²) in [6.45, 7) is 11.5. The van der Waals surface area contributed by atoms with Gasteiger partial charge < -0.3 is 20.8 Å². The number of hydrazone groups is 1. The summed E-state index contributed by atoms with van der Waals surface area (Å²) >= 11 is 0. The molecule has 0 aliphatic heterocycles. The summed E-state index contributed by atoms with van der Waals surface area (Å²) < 4.78 is 17.5. The molecular weight excluding hydrogens is 543 g/mol. The number of nitrogens with zero attached hydrogens (tertiary/aromatic N) is 1. The Morgan fingerprint density at radius 2 is 1.81 bits per heavy atom. The normalized spacial score (nSPS) is 39.3. The van der Waals surface area contributed by atoms with Crippen LogP contribution in [0.1, 0.15) is 66.7 Å². The molecule has 0 radical (unpaired) electrons. The molecule has 3 fully saturated rings. The predicted octanol–water partition coefficient (Wildman–Crippen LogP) is 2.03. The molecule has 4 aliphatic carbocycles. The molecule has 3 amide bonds. The first-order chi connectivity index (χ1) is 19.6. The Hall–Kier alpha value is -3.18. The zero-order valence-electron chi connectivity index (χ0n) is 25.1. The average molecular weight is 587 g/mol. The molecule has 0 heterocycles. The summed E-state index contributed by atoms with van der Waals surface area (Å²) in [5.41, 5.74) is -1.93. The number of allylic oxidation sites excluding steroid dienone is 4. The van der Waals surface area contributed by atoms with Gasteiger partial charge >= 0.3 is 0 Å². The van der Waals surface area contributed by atoms with Crippen molar-refractivity contribution >= 4 is 29.2 Å². The average Bonchev–Trinajstić information content (AvgIpc) is 3.15. The number of aliphatic hydroxyl groups excluding tert-OH is 1. The van der Waals surface area contributed by atoms with E-state index in [0.717, 1.165) is 5.57 Å². The quantitative estimate of drug-likeness (QED) is 0.216. The second kappa shape index (κ2) is 11.1. The van der Waals surface area contributed by atoms with Crippen LogP contribution in [-0.2, 0) is 19.2 Å². The summed E-state index contributed by atoms with van der Waals surface area (Å²) in [5, 5.41) is 32.1. The predicted molar refractivity (Wildman–Crippen MR) is 155 cm³/mol. The number of alkyl halides is 1. The summed E-state index contributed by atoms with van der Waals surface area (Å²) in [4.78, 5) is 48.6. The zero-order chi connectivity index (χ0) is 31.3. The number of Topliss-reactive ketones (excluding diaryl/α,β-unsaturated/α-hetero) is 1. The molecular formula is C31H43FN4O6. The van der Waals surface area contributed by atoms with Gasteiger partial charge in [-0.2, -0.15) is 5.10 Å². The number of rotatable bonds is 8. The summed E-state index contributed by atoms with van der Waals surface area (Å²) in [7, 11) is 0. The van der Waals surface area contributed by atoms with Crippen LogP contribution in [0.4, 0.5) is 4.39 Å². The lowest BCUT2D eigenvalue weighted by Gasteiger charge is -2.62. The Balaban J connectivity index is 1.46. The lowest BCUT2D eigenvalue weighted by molar-refractivity contribution is -0.218. The van der Waals surface area contributed by atoms with Gasteiger partial charge in [-0.25, -0.2) is 9.82 Å². The minimum Gasteiger partial charge on any atom is -0.390 e. The van der Waals surface area contributed by atoms with Gasteiger partial charge in [0, 0.05) is 28.7 Å². The first kappa shape index (κ1) is 31.7. The molecule has 0 spiro atoms. The van der Waals surface area contributed by atoms with Gasteiger partial charge in [0.2, 0.25) is 11.8 Å². The molecule has 11 heteroatoms. The number of halogens is 1. The summed E-state index contributed by atoms with van der Waals surface area (Å²) in [6, 6.07) is 0. The Morgan fingerprint density at radius 3 is 2.45 bits per heavy atom. The molecule has 0 unspecified atom stereocenters. The third-order valence-electron chi connectivity index (χ3n) is 10.5. The molecule has 0 aromatic heterocycles. The highest BCUT2D eigenvalue weighted by atomic mass is 19.1. The number of carbonyl (C=O) groups is 4. The van der Waals surface area contributed by atoms with Crippen molar-refractivity contribution in [3.05, 3.63) is 36.0 Å². The van der Waals surface area contributed by atoms with Crippen molar-refractivity contribution < 1.29 is 33.8 Å². The molecule has 230 valence electrons. The molecule has 42 heavy (non-hydrogen) atoms. The van der Waals surface area contributed by atoms with Crippen LogP contribution in [0, 0.1) is 28.6 Å². The van der Waals surface area contributed by atoms with Crippen molar-refractivity contribution in [1.29, 1.82) is 0 Å². The molecule has 4 aliphatic rings. The van der Waals surface area contributed by atoms with Crippen LogP contribution in [0.5, 0.6) is 0 Å². The molecule has 8 atom stereocenters. The molecule has 0 saturated heterocycles. The lowest BCUT2D eigenvalue weighted by atomic mass is 9.44. The fourth-order valence-electron chi connectivity index (χ4n) is 8.21. The Morgan fingerprint density at radius 1 is 1.14 bits per heavy atom. The molecule has 4 rings (SSSR count). The Kier molecular flexibility index (Phi) is 8.43. The number of hydrogen-bond acceptors (Lipinski definition) is 7. The molecule has 0 aromatic rings. The first-order valence-electron chi connectivity index (χ1n) is 14.7. The fourth-order valence-corrected chi connectivity index (χ4v) is 8.21. The molecule has 0 bridgehead atoms. The Bertz CT molecular complexity index is 1290. The van der Waals surface area contributed by atoms with Crippen LogP contribution >= 0.6 is 0 Å². The molecule has 10 nitrogen and oxygen atoms in total. The maximum Gasteiger partial charge on any atom is 0.259 e. The number of nitrogens with one attached hydrogen (secondary N) is 3. The van der Waals surface area contributed by atoms with E-state index in [0.29, 0.717) is 25.0 Å². The van der Waals surface area contributed by atoms with Crippen molar-refractivity contribution in [3.63, 3.8) is 0 Å². The van der Waals surface area contributed by atoms with Crippen LogP contribution in [0.25, 0.3) is 0 Å². The standard InChI is InChI=1S/C31H43FN4O6/c1-7-23(37)31(42)18(4)12-22-21-9-8-19-13-20(10-11-28(19,5)30(21,32)24(38)14-29(22,31)6)35-36-26(40)16-33-25(39)15-34-27(41)17(2)3/h10-11,13,18,21-22,24,38,42H,2,7-9,12,14-16H2,1,3-6H3,(H,33,39)(H,34,41)(H,36,40)/b35-20+/t18-,21+,22+,24+,28+,29+,30+,31+/m1/s1. The van der Waals surface area contributed by atoms with Gasteiger partial charge in [-0.15, -0.1) is 0 Å². The topological polar surface area (TPSA) is 157 Å². The largest absolute Gasteiger partial charge is 0.390 e. The maximum atomic E-state index is 17.5. The van der Waals surface area contributed by atoms with E-state index < -0.39 is 51.8 Å². The van der Waals surface area contributed by atoms with E-state index in [-0.39, 0.29) is 49.1 Å². The third kappa shape index (κ3) is 4.74. The smallest absolute Gasteiger partial charge is 0.259 e. The number of carbonyl (C=O) groups excluding carboxylic acids is 4. The maximum absolute atomic E-state index is 17.5.